The lowest BCUT2D eigenvalue weighted by atomic mass is 9.67. The highest BCUT2D eigenvalue weighted by atomic mass is 35.5. The lowest BCUT2D eigenvalue weighted by Crippen LogP contribution is -2.52. The Kier molecular flexibility index (Phi) is 6.82. The van der Waals surface area contributed by atoms with E-state index in [0.717, 1.165) is 17.6 Å². The van der Waals surface area contributed by atoms with E-state index in [1.165, 1.54) is 6.07 Å². The first-order valence-electron chi connectivity index (χ1n) is 11.5. The Morgan fingerprint density at radius 2 is 1.94 bits per heavy atom. The summed E-state index contributed by atoms with van der Waals surface area (Å²) in [7, 11) is 0. The van der Waals surface area contributed by atoms with Crippen molar-refractivity contribution >= 4 is 23.5 Å². The number of halogens is 2. The largest absolute Gasteiger partial charge is 0.481 e. The zero-order chi connectivity index (χ0) is 24.0. The summed E-state index contributed by atoms with van der Waals surface area (Å²) >= 11 is 6.59. The van der Waals surface area contributed by atoms with Crippen LogP contribution in [0.15, 0.2) is 23.9 Å². The summed E-state index contributed by atoms with van der Waals surface area (Å²) in [5.41, 5.74) is 1.53. The van der Waals surface area contributed by atoms with Crippen molar-refractivity contribution < 1.29 is 19.1 Å². The smallest absolute Gasteiger partial charge is 0.306 e. The second-order valence-corrected chi connectivity index (χ2v) is 11.6. The standard InChI is InChI=1S/C26H35ClFNO3/c1-15(2)20-14-29(18-9-17(10-18)24(31)32)23(30)13-26(20,6)19-12-21(27)16(11-22(19)28)7-8-25(3,4)5/h11-12,14-15,17-18H,7-10,13H2,1-6H3,(H,31,32)/t17?,18?,26-/m0/s1. The van der Waals surface area contributed by atoms with E-state index in [-0.39, 0.29) is 35.5 Å². The van der Waals surface area contributed by atoms with Crippen molar-refractivity contribution in [2.45, 2.75) is 85.1 Å². The van der Waals surface area contributed by atoms with Crippen molar-refractivity contribution in [1.82, 2.24) is 4.90 Å². The van der Waals surface area contributed by atoms with Crippen LogP contribution in [0.2, 0.25) is 5.02 Å². The zero-order valence-electron chi connectivity index (χ0n) is 20.0. The number of carbonyl (C=O) groups is 2. The first-order chi connectivity index (χ1) is 14.7. The molecule has 1 amide bonds. The fraction of sp³-hybridized carbons (Fsp3) is 0.615. The van der Waals surface area contributed by atoms with Crippen molar-refractivity contribution in [3.63, 3.8) is 0 Å². The Labute approximate surface area is 195 Å². The van der Waals surface area contributed by atoms with Gasteiger partial charge in [0.25, 0.3) is 0 Å². The number of rotatable bonds is 6. The molecule has 1 aromatic carbocycles. The number of carbonyl (C=O) groups excluding carboxylic acids is 1. The van der Waals surface area contributed by atoms with Gasteiger partial charge in [0.2, 0.25) is 5.91 Å². The van der Waals surface area contributed by atoms with E-state index in [0.29, 0.717) is 29.8 Å². The maximum Gasteiger partial charge on any atom is 0.306 e. The third-order valence-electron chi connectivity index (χ3n) is 7.06. The highest BCUT2D eigenvalue weighted by Gasteiger charge is 2.46. The van der Waals surface area contributed by atoms with E-state index in [1.807, 2.05) is 27.0 Å². The lowest BCUT2D eigenvalue weighted by Gasteiger charge is -2.47. The summed E-state index contributed by atoms with van der Waals surface area (Å²) < 4.78 is 15.4. The minimum Gasteiger partial charge on any atom is -0.481 e. The van der Waals surface area contributed by atoms with Gasteiger partial charge in [0.15, 0.2) is 0 Å². The van der Waals surface area contributed by atoms with Crippen LogP contribution >= 0.6 is 11.6 Å². The summed E-state index contributed by atoms with van der Waals surface area (Å²) in [6.07, 6.45) is 4.50. The van der Waals surface area contributed by atoms with Gasteiger partial charge >= 0.3 is 5.97 Å². The van der Waals surface area contributed by atoms with E-state index in [2.05, 4.69) is 20.8 Å². The maximum absolute atomic E-state index is 15.4. The number of hydrogen-bond acceptors (Lipinski definition) is 2. The zero-order valence-corrected chi connectivity index (χ0v) is 20.7. The number of nitrogens with zero attached hydrogens (tertiary/aromatic N) is 1. The van der Waals surface area contributed by atoms with Crippen LogP contribution in [0, 0.1) is 23.1 Å². The summed E-state index contributed by atoms with van der Waals surface area (Å²) in [5.74, 6) is -1.55. The molecule has 1 fully saturated rings. The summed E-state index contributed by atoms with van der Waals surface area (Å²) in [4.78, 5) is 26.0. The fourth-order valence-corrected chi connectivity index (χ4v) is 5.19. The van der Waals surface area contributed by atoms with Gasteiger partial charge < -0.3 is 10.0 Å². The van der Waals surface area contributed by atoms with Gasteiger partial charge in [-0.25, -0.2) is 4.39 Å². The Morgan fingerprint density at radius 3 is 2.47 bits per heavy atom. The summed E-state index contributed by atoms with van der Waals surface area (Å²) in [5, 5.41) is 9.71. The molecule has 1 aliphatic heterocycles. The van der Waals surface area contributed by atoms with Gasteiger partial charge in [0.1, 0.15) is 5.82 Å². The van der Waals surface area contributed by atoms with Gasteiger partial charge in [-0.2, -0.15) is 0 Å². The molecule has 4 nitrogen and oxygen atoms in total. The molecule has 176 valence electrons. The minimum absolute atomic E-state index is 0.0877. The Morgan fingerprint density at radius 1 is 1.31 bits per heavy atom. The molecule has 0 spiro atoms. The number of amides is 1. The monoisotopic (exact) mass is 463 g/mol. The van der Waals surface area contributed by atoms with E-state index in [4.69, 9.17) is 11.6 Å². The van der Waals surface area contributed by atoms with Crippen molar-refractivity contribution in [1.29, 1.82) is 0 Å². The molecule has 32 heavy (non-hydrogen) atoms. The first-order valence-corrected chi connectivity index (χ1v) is 11.9. The van der Waals surface area contributed by atoms with Crippen LogP contribution in [-0.2, 0) is 21.4 Å². The SMILES string of the molecule is CC(C)C1=CN(C2CC(C(=O)O)C2)C(=O)C[C@@]1(C)c1cc(Cl)c(CCC(C)(C)C)cc1F. The van der Waals surface area contributed by atoms with E-state index in [1.54, 1.807) is 11.0 Å². The average molecular weight is 464 g/mol. The van der Waals surface area contributed by atoms with Gasteiger partial charge in [-0.15, -0.1) is 0 Å². The molecule has 1 N–H and O–H groups in total. The second kappa shape index (κ2) is 8.81. The molecule has 1 saturated carbocycles. The minimum atomic E-state index is -0.813. The van der Waals surface area contributed by atoms with Gasteiger partial charge in [0.05, 0.1) is 5.92 Å². The van der Waals surface area contributed by atoms with E-state index in [9.17, 15) is 14.7 Å². The molecular formula is C26H35ClFNO3. The van der Waals surface area contributed by atoms with Gasteiger partial charge in [0, 0.05) is 29.1 Å². The molecule has 1 heterocycles. The van der Waals surface area contributed by atoms with Crippen molar-refractivity contribution in [2.24, 2.45) is 17.3 Å². The van der Waals surface area contributed by atoms with Crippen molar-refractivity contribution in [2.75, 3.05) is 0 Å². The number of carboxylic acids is 1. The third-order valence-corrected chi connectivity index (χ3v) is 7.41. The van der Waals surface area contributed by atoms with Crippen molar-refractivity contribution in [3.8, 4) is 0 Å². The molecule has 1 atom stereocenters. The maximum atomic E-state index is 15.4. The van der Waals surface area contributed by atoms with Crippen molar-refractivity contribution in [3.05, 3.63) is 45.9 Å². The summed E-state index contributed by atoms with van der Waals surface area (Å²) in [6, 6.07) is 3.14. The number of aliphatic carboxylic acids is 1. The number of allylic oxidation sites excluding steroid dienone is 1. The molecule has 2 aliphatic rings. The predicted molar refractivity (Wildman–Crippen MR) is 125 cm³/mol. The molecule has 0 unspecified atom stereocenters. The van der Waals surface area contributed by atoms with E-state index < -0.39 is 17.3 Å². The molecule has 0 aromatic heterocycles. The second-order valence-electron chi connectivity index (χ2n) is 11.2. The average Bonchev–Trinajstić information content (AvgIpc) is 2.61. The third kappa shape index (κ3) is 4.88. The molecular weight excluding hydrogens is 429 g/mol. The first kappa shape index (κ1) is 24.8. The molecule has 0 saturated heterocycles. The normalized spacial score (nSPS) is 26.2. The van der Waals surface area contributed by atoms with Gasteiger partial charge in [-0.3, -0.25) is 9.59 Å². The van der Waals surface area contributed by atoms with Crippen LogP contribution in [-0.4, -0.2) is 27.9 Å². The van der Waals surface area contributed by atoms with Gasteiger partial charge in [-0.05, 0) is 65.8 Å². The predicted octanol–water partition coefficient (Wildman–Crippen LogP) is 6.35. The number of carboxylic acid groups (broad SMARTS) is 1. The molecule has 0 radical (unpaired) electrons. The highest BCUT2D eigenvalue weighted by molar-refractivity contribution is 6.31. The molecule has 1 aromatic rings. The van der Waals surface area contributed by atoms with Crippen LogP contribution in [0.1, 0.15) is 78.4 Å². The molecule has 1 aliphatic carbocycles. The van der Waals surface area contributed by atoms with E-state index >= 15 is 4.39 Å². The highest BCUT2D eigenvalue weighted by Crippen LogP contribution is 2.47. The Balaban J connectivity index is 1.94. The number of aryl methyl sites for hydroxylation is 1. The topological polar surface area (TPSA) is 57.6 Å². The lowest BCUT2D eigenvalue weighted by molar-refractivity contribution is -0.150. The Bertz CT molecular complexity index is 943. The van der Waals surface area contributed by atoms with Crippen LogP contribution in [0.5, 0.6) is 0 Å². The number of hydrogen-bond donors (Lipinski definition) is 1. The molecule has 6 heteroatoms. The van der Waals surface area contributed by atoms with Crippen LogP contribution in [0.4, 0.5) is 4.39 Å². The fourth-order valence-electron chi connectivity index (χ4n) is 4.93. The summed E-state index contributed by atoms with van der Waals surface area (Å²) in [6.45, 7) is 12.4. The Hall–Kier alpha value is -1.88. The van der Waals surface area contributed by atoms with Crippen LogP contribution in [0.3, 0.4) is 0 Å². The number of benzene rings is 1. The molecule has 0 bridgehead atoms. The quantitative estimate of drug-likeness (QED) is 0.534. The van der Waals surface area contributed by atoms with Gasteiger partial charge in [-0.1, -0.05) is 53.1 Å². The molecule has 3 rings (SSSR count). The van der Waals surface area contributed by atoms with Crippen LogP contribution < -0.4 is 0 Å². The van der Waals surface area contributed by atoms with Crippen LogP contribution in [0.25, 0.3) is 0 Å².